The van der Waals surface area contributed by atoms with Gasteiger partial charge < -0.3 is 18.9 Å². The summed E-state index contributed by atoms with van der Waals surface area (Å²) in [5, 5.41) is 0. The number of quaternary nitrogens is 1. The second-order valence-electron chi connectivity index (χ2n) is 9.85. The molecule has 0 fully saturated rings. The van der Waals surface area contributed by atoms with Crippen molar-refractivity contribution in [2.45, 2.75) is 39.7 Å². The molecule has 4 rings (SSSR count). The van der Waals surface area contributed by atoms with Gasteiger partial charge in [0.25, 0.3) is 0 Å². The van der Waals surface area contributed by atoms with Crippen LogP contribution >= 0.6 is 0 Å². The first-order valence-electron chi connectivity index (χ1n) is 11.7. The van der Waals surface area contributed by atoms with Crippen molar-refractivity contribution >= 4 is 11.4 Å². The second-order valence-corrected chi connectivity index (χ2v) is 9.85. The summed E-state index contributed by atoms with van der Waals surface area (Å²) < 4.78 is 23.7. The van der Waals surface area contributed by atoms with E-state index < -0.39 is 0 Å². The summed E-state index contributed by atoms with van der Waals surface area (Å²) in [4.78, 5) is 1.31. The standard InChI is InChI=1S/C29H35NO4/c1-18(29(2,3)4)30-19-12-9-14-21(31-5)25(19)28(26-20(30)13-10-15-22(26)32-6)27-23(33-7)16-11-17-24(27)34-8/h9-18,28H,1-8H3/p+1. The molecule has 1 aliphatic rings. The summed E-state index contributed by atoms with van der Waals surface area (Å²) in [7, 11) is 6.87. The molecule has 0 spiro atoms. The van der Waals surface area contributed by atoms with Gasteiger partial charge in [-0.1, -0.05) is 39.0 Å². The lowest BCUT2D eigenvalue weighted by atomic mass is 9.76. The third-order valence-electron chi connectivity index (χ3n) is 7.22. The van der Waals surface area contributed by atoms with Gasteiger partial charge in [0.1, 0.15) is 34.4 Å². The summed E-state index contributed by atoms with van der Waals surface area (Å²) in [5.74, 6) is 3.02. The third kappa shape index (κ3) is 3.78. The van der Waals surface area contributed by atoms with Crippen LogP contribution in [0.4, 0.5) is 11.4 Å². The molecule has 0 saturated carbocycles. The number of hydrogen-bond acceptors (Lipinski definition) is 4. The van der Waals surface area contributed by atoms with Crippen molar-refractivity contribution in [3.8, 4) is 23.0 Å². The minimum Gasteiger partial charge on any atom is -0.496 e. The summed E-state index contributed by atoms with van der Waals surface area (Å²) in [6, 6.07) is 18.9. The highest BCUT2D eigenvalue weighted by Crippen LogP contribution is 2.53. The highest BCUT2D eigenvalue weighted by atomic mass is 16.5. The van der Waals surface area contributed by atoms with Crippen LogP contribution < -0.4 is 23.8 Å². The zero-order chi connectivity index (χ0) is 24.6. The van der Waals surface area contributed by atoms with Crippen LogP contribution in [0.1, 0.15) is 50.3 Å². The fraction of sp³-hybridized carbons (Fsp3) is 0.379. The van der Waals surface area contributed by atoms with E-state index in [1.807, 2.05) is 30.3 Å². The summed E-state index contributed by atoms with van der Waals surface area (Å²) in [6.07, 6.45) is 0. The van der Waals surface area contributed by atoms with Gasteiger partial charge in [0, 0.05) is 23.1 Å². The number of methoxy groups -OCH3 is 4. The molecule has 0 radical (unpaired) electrons. The predicted molar refractivity (Wildman–Crippen MR) is 136 cm³/mol. The maximum atomic E-state index is 5.98. The Balaban J connectivity index is 2.17. The Morgan fingerprint density at radius 2 is 0.971 bits per heavy atom. The molecule has 3 aromatic carbocycles. The van der Waals surface area contributed by atoms with E-state index in [4.69, 9.17) is 18.9 Å². The molecule has 3 aromatic rings. The summed E-state index contributed by atoms with van der Waals surface area (Å²) >= 11 is 0. The highest BCUT2D eigenvalue weighted by molar-refractivity contribution is 5.72. The van der Waals surface area contributed by atoms with Gasteiger partial charge in [-0.05, 0) is 31.2 Å². The molecule has 5 nitrogen and oxygen atoms in total. The first-order valence-corrected chi connectivity index (χ1v) is 11.7. The molecule has 0 amide bonds. The smallest absolute Gasteiger partial charge is 0.144 e. The van der Waals surface area contributed by atoms with Crippen molar-refractivity contribution in [2.75, 3.05) is 28.4 Å². The summed E-state index contributed by atoms with van der Waals surface area (Å²) in [5.41, 5.74) is 5.63. The molecule has 0 bridgehead atoms. The van der Waals surface area contributed by atoms with Crippen LogP contribution in [0.15, 0.2) is 54.6 Å². The van der Waals surface area contributed by atoms with Crippen molar-refractivity contribution in [2.24, 2.45) is 5.41 Å². The molecule has 1 aliphatic heterocycles. The lowest BCUT2D eigenvalue weighted by molar-refractivity contribution is -0.800. The van der Waals surface area contributed by atoms with Crippen LogP contribution in [-0.2, 0) is 0 Å². The number of ether oxygens (including phenoxy) is 4. The molecular formula is C29H36NO4+. The number of rotatable bonds is 6. The second kappa shape index (κ2) is 9.22. The Bertz CT molecular complexity index is 1100. The number of benzene rings is 3. The van der Waals surface area contributed by atoms with Crippen LogP contribution in [0.3, 0.4) is 0 Å². The minimum atomic E-state index is -0.195. The Labute approximate surface area is 203 Å². The van der Waals surface area contributed by atoms with E-state index in [9.17, 15) is 0 Å². The third-order valence-corrected chi connectivity index (χ3v) is 7.22. The van der Waals surface area contributed by atoms with Crippen molar-refractivity contribution in [1.29, 1.82) is 0 Å². The van der Waals surface area contributed by atoms with E-state index in [2.05, 4.69) is 52.0 Å². The normalized spacial score (nSPS) is 17.9. The molecule has 5 heteroatoms. The molecule has 180 valence electrons. The molecule has 0 aliphatic carbocycles. The minimum absolute atomic E-state index is 0.0605. The van der Waals surface area contributed by atoms with Gasteiger partial charge >= 0.3 is 0 Å². The number of nitrogens with one attached hydrogen (secondary N) is 1. The van der Waals surface area contributed by atoms with E-state index in [-0.39, 0.29) is 17.4 Å². The Kier molecular flexibility index (Phi) is 6.50. The lowest BCUT2D eigenvalue weighted by Crippen LogP contribution is -3.08. The number of hydrogen-bond donors (Lipinski definition) is 1. The maximum Gasteiger partial charge on any atom is 0.144 e. The zero-order valence-electron chi connectivity index (χ0n) is 21.5. The molecule has 1 N–H and O–H groups in total. The quantitative estimate of drug-likeness (QED) is 0.525. The fourth-order valence-electron chi connectivity index (χ4n) is 5.15. The Morgan fingerprint density at radius 1 is 0.618 bits per heavy atom. The van der Waals surface area contributed by atoms with Gasteiger partial charge in [0.15, 0.2) is 0 Å². The van der Waals surface area contributed by atoms with E-state index in [0.29, 0.717) is 0 Å². The van der Waals surface area contributed by atoms with Crippen molar-refractivity contribution < 1.29 is 23.8 Å². The van der Waals surface area contributed by atoms with Crippen molar-refractivity contribution in [3.63, 3.8) is 0 Å². The molecule has 0 aromatic heterocycles. The van der Waals surface area contributed by atoms with Crippen LogP contribution in [0.5, 0.6) is 23.0 Å². The van der Waals surface area contributed by atoms with Crippen LogP contribution in [0, 0.1) is 5.41 Å². The Morgan fingerprint density at radius 3 is 1.32 bits per heavy atom. The van der Waals surface area contributed by atoms with Crippen molar-refractivity contribution in [1.82, 2.24) is 0 Å². The molecule has 1 unspecified atom stereocenters. The lowest BCUT2D eigenvalue weighted by Gasteiger charge is -2.41. The Hall–Kier alpha value is -3.18. The van der Waals surface area contributed by atoms with Gasteiger partial charge in [-0.15, -0.1) is 0 Å². The molecule has 34 heavy (non-hydrogen) atoms. The first-order chi connectivity index (χ1) is 16.3. The predicted octanol–water partition coefficient (Wildman–Crippen LogP) is 5.50. The van der Waals surface area contributed by atoms with Gasteiger partial charge in [-0.25, -0.2) is 0 Å². The zero-order valence-corrected chi connectivity index (χ0v) is 21.5. The molecule has 0 saturated heterocycles. The van der Waals surface area contributed by atoms with Gasteiger partial charge in [-0.2, -0.15) is 0 Å². The van der Waals surface area contributed by atoms with Gasteiger partial charge in [0.2, 0.25) is 0 Å². The highest BCUT2D eigenvalue weighted by Gasteiger charge is 2.46. The van der Waals surface area contributed by atoms with Gasteiger partial charge in [0.05, 0.1) is 51.5 Å². The van der Waals surface area contributed by atoms with E-state index in [1.54, 1.807) is 28.4 Å². The average molecular weight is 463 g/mol. The first kappa shape index (κ1) is 24.0. The van der Waals surface area contributed by atoms with Crippen LogP contribution in [0.25, 0.3) is 0 Å². The van der Waals surface area contributed by atoms with Crippen LogP contribution in [0.2, 0.25) is 0 Å². The number of fused-ring (bicyclic) bond motifs is 2. The van der Waals surface area contributed by atoms with Gasteiger partial charge in [-0.3, -0.25) is 4.90 Å². The monoisotopic (exact) mass is 462 g/mol. The fourth-order valence-corrected chi connectivity index (χ4v) is 5.15. The molecular weight excluding hydrogens is 426 g/mol. The van der Waals surface area contributed by atoms with E-state index in [0.717, 1.165) is 39.7 Å². The SMILES string of the molecule is COc1cccc(OC)c1C1c2c(OC)cccc2[NH+](C(C)C(C)(C)C)c2cccc(OC)c21. The largest absolute Gasteiger partial charge is 0.496 e. The van der Waals surface area contributed by atoms with Crippen molar-refractivity contribution in [3.05, 3.63) is 71.3 Å². The molecule has 1 heterocycles. The topological polar surface area (TPSA) is 41.4 Å². The molecule has 1 atom stereocenters. The van der Waals surface area contributed by atoms with E-state index in [1.165, 1.54) is 16.3 Å². The average Bonchev–Trinajstić information content (AvgIpc) is 2.84. The van der Waals surface area contributed by atoms with E-state index >= 15 is 0 Å². The maximum absolute atomic E-state index is 5.98. The summed E-state index contributed by atoms with van der Waals surface area (Å²) in [6.45, 7) is 9.19. The van der Waals surface area contributed by atoms with Crippen LogP contribution in [-0.4, -0.2) is 34.5 Å².